The summed E-state index contributed by atoms with van der Waals surface area (Å²) in [6, 6.07) is 11.7. The second-order valence-electron chi connectivity index (χ2n) is 5.41. The summed E-state index contributed by atoms with van der Waals surface area (Å²) in [7, 11) is 1.89. The molecule has 2 aromatic heterocycles. The molecule has 7 heteroatoms. The molecular weight excluding hydrogens is 324 g/mol. The Hall–Kier alpha value is -2.51. The Morgan fingerprint density at radius 1 is 1.38 bits per heavy atom. The lowest BCUT2D eigenvalue weighted by Crippen LogP contribution is -2.24. The number of hydrogen-bond donors (Lipinski definition) is 2. The highest BCUT2D eigenvalue weighted by atomic mass is 32.1. The number of nitrogens with zero attached hydrogens (tertiary/aromatic N) is 3. The van der Waals surface area contributed by atoms with Crippen LogP contribution in [0.4, 0.5) is 0 Å². The number of rotatable bonds is 7. The minimum atomic E-state index is -0.849. The zero-order valence-electron chi connectivity index (χ0n) is 13.2. The van der Waals surface area contributed by atoms with Gasteiger partial charge in [-0.25, -0.2) is 4.98 Å². The maximum atomic E-state index is 11.1. The van der Waals surface area contributed by atoms with Crippen LogP contribution < -0.4 is 5.32 Å². The second-order valence-corrected chi connectivity index (χ2v) is 6.34. The average Bonchev–Trinajstić information content (AvgIpc) is 3.22. The fourth-order valence-electron chi connectivity index (χ4n) is 2.48. The number of carbonyl (C=O) groups is 1. The summed E-state index contributed by atoms with van der Waals surface area (Å²) >= 11 is 1.46. The summed E-state index contributed by atoms with van der Waals surface area (Å²) in [5, 5.41) is 19.5. The van der Waals surface area contributed by atoms with Crippen LogP contribution in [0.15, 0.2) is 48.0 Å². The number of nitrogens with one attached hydrogen (secondary N) is 1. The van der Waals surface area contributed by atoms with Gasteiger partial charge in [0.05, 0.1) is 23.9 Å². The standard InChI is InChI=1S/C17H18N4O2S/c1-21-13(9-14(20-21)12-5-3-2-4-6-12)11-19-15(10-16(22)23)17-18-7-8-24-17/h2-9,15,19H,10-11H2,1H3,(H,22,23). The first-order valence-corrected chi connectivity index (χ1v) is 8.44. The maximum Gasteiger partial charge on any atom is 0.305 e. The molecule has 0 amide bonds. The summed E-state index contributed by atoms with van der Waals surface area (Å²) in [6.07, 6.45) is 1.69. The molecule has 124 valence electrons. The van der Waals surface area contributed by atoms with E-state index < -0.39 is 5.97 Å². The Balaban J connectivity index is 1.73. The molecule has 0 aliphatic rings. The molecule has 0 saturated heterocycles. The zero-order chi connectivity index (χ0) is 16.9. The molecule has 1 aromatic carbocycles. The van der Waals surface area contributed by atoms with E-state index in [1.54, 1.807) is 6.20 Å². The van der Waals surface area contributed by atoms with Crippen molar-refractivity contribution in [1.29, 1.82) is 0 Å². The molecule has 2 N–H and O–H groups in total. The number of thiazole rings is 1. The summed E-state index contributed by atoms with van der Waals surface area (Å²) in [5.74, 6) is -0.849. The van der Waals surface area contributed by atoms with Crippen LogP contribution in [0.3, 0.4) is 0 Å². The number of benzene rings is 1. The van der Waals surface area contributed by atoms with Crippen molar-refractivity contribution in [3.63, 3.8) is 0 Å². The number of aromatic nitrogens is 3. The predicted octanol–water partition coefficient (Wildman–Crippen LogP) is 2.85. The minimum absolute atomic E-state index is 0.00307. The lowest BCUT2D eigenvalue weighted by Gasteiger charge is -2.14. The van der Waals surface area contributed by atoms with Crippen molar-refractivity contribution >= 4 is 17.3 Å². The van der Waals surface area contributed by atoms with Crippen molar-refractivity contribution in [2.75, 3.05) is 0 Å². The molecule has 1 atom stereocenters. The first-order chi connectivity index (χ1) is 11.6. The van der Waals surface area contributed by atoms with Crippen molar-refractivity contribution in [2.24, 2.45) is 7.05 Å². The van der Waals surface area contributed by atoms with Crippen molar-refractivity contribution in [1.82, 2.24) is 20.1 Å². The van der Waals surface area contributed by atoms with E-state index in [9.17, 15) is 4.79 Å². The first kappa shape index (κ1) is 16.4. The predicted molar refractivity (Wildman–Crippen MR) is 92.6 cm³/mol. The van der Waals surface area contributed by atoms with Gasteiger partial charge < -0.3 is 10.4 Å². The Labute approximate surface area is 143 Å². The van der Waals surface area contributed by atoms with E-state index in [1.807, 2.05) is 53.5 Å². The van der Waals surface area contributed by atoms with Gasteiger partial charge in [-0.2, -0.15) is 5.10 Å². The van der Waals surface area contributed by atoms with E-state index in [0.29, 0.717) is 6.54 Å². The third-order valence-corrected chi connectivity index (χ3v) is 4.59. The van der Waals surface area contributed by atoms with Gasteiger partial charge in [0.15, 0.2) is 0 Å². The van der Waals surface area contributed by atoms with Gasteiger partial charge in [-0.3, -0.25) is 9.48 Å². The molecule has 1 unspecified atom stereocenters. The van der Waals surface area contributed by atoms with Gasteiger partial charge in [0.25, 0.3) is 0 Å². The van der Waals surface area contributed by atoms with Crippen LogP contribution in [0.25, 0.3) is 11.3 Å². The topological polar surface area (TPSA) is 80.0 Å². The van der Waals surface area contributed by atoms with Gasteiger partial charge in [0, 0.05) is 30.7 Å². The van der Waals surface area contributed by atoms with Gasteiger partial charge >= 0.3 is 5.97 Å². The number of carboxylic acids is 1. The van der Waals surface area contributed by atoms with E-state index >= 15 is 0 Å². The van der Waals surface area contributed by atoms with Gasteiger partial charge in [-0.15, -0.1) is 11.3 Å². The molecule has 3 aromatic rings. The van der Waals surface area contributed by atoms with E-state index in [1.165, 1.54) is 11.3 Å². The molecule has 2 heterocycles. The second kappa shape index (κ2) is 7.37. The van der Waals surface area contributed by atoms with Crippen LogP contribution in [0, 0.1) is 0 Å². The molecule has 6 nitrogen and oxygen atoms in total. The number of aliphatic carboxylic acids is 1. The molecule has 0 fully saturated rings. The van der Waals surface area contributed by atoms with Crippen LogP contribution in [0.2, 0.25) is 0 Å². The maximum absolute atomic E-state index is 11.1. The van der Waals surface area contributed by atoms with Crippen LogP contribution >= 0.6 is 11.3 Å². The SMILES string of the molecule is Cn1nc(-c2ccccc2)cc1CNC(CC(=O)O)c1nccs1. The Morgan fingerprint density at radius 2 is 2.17 bits per heavy atom. The molecule has 0 aliphatic heterocycles. The molecule has 24 heavy (non-hydrogen) atoms. The number of aryl methyl sites for hydroxylation is 1. The quantitative estimate of drug-likeness (QED) is 0.690. The van der Waals surface area contributed by atoms with Crippen molar-refractivity contribution in [2.45, 2.75) is 19.0 Å². The molecule has 0 radical (unpaired) electrons. The number of hydrogen-bond acceptors (Lipinski definition) is 5. The fourth-order valence-corrected chi connectivity index (χ4v) is 3.19. The van der Waals surface area contributed by atoms with E-state index in [2.05, 4.69) is 15.4 Å². The zero-order valence-corrected chi connectivity index (χ0v) is 14.0. The molecule has 0 spiro atoms. The van der Waals surface area contributed by atoms with Crippen molar-refractivity contribution < 1.29 is 9.90 Å². The smallest absolute Gasteiger partial charge is 0.305 e. The lowest BCUT2D eigenvalue weighted by atomic mass is 10.1. The van der Waals surface area contributed by atoms with Crippen LogP contribution in [0.1, 0.15) is 23.2 Å². The summed E-state index contributed by atoms with van der Waals surface area (Å²) < 4.78 is 1.81. The third kappa shape index (κ3) is 3.87. The summed E-state index contributed by atoms with van der Waals surface area (Å²) in [4.78, 5) is 15.3. The van der Waals surface area contributed by atoms with E-state index in [0.717, 1.165) is 22.0 Å². The van der Waals surface area contributed by atoms with Crippen molar-refractivity contribution in [3.05, 3.63) is 58.7 Å². The minimum Gasteiger partial charge on any atom is -0.481 e. The highest BCUT2D eigenvalue weighted by Gasteiger charge is 2.18. The Bertz CT molecular complexity index is 799. The summed E-state index contributed by atoms with van der Waals surface area (Å²) in [6.45, 7) is 0.522. The monoisotopic (exact) mass is 342 g/mol. The molecule has 0 saturated carbocycles. The highest BCUT2D eigenvalue weighted by Crippen LogP contribution is 2.21. The van der Waals surface area contributed by atoms with Gasteiger partial charge in [0.2, 0.25) is 0 Å². The van der Waals surface area contributed by atoms with Gasteiger partial charge in [-0.1, -0.05) is 30.3 Å². The first-order valence-electron chi connectivity index (χ1n) is 7.56. The lowest BCUT2D eigenvalue weighted by molar-refractivity contribution is -0.137. The van der Waals surface area contributed by atoms with E-state index in [4.69, 9.17) is 5.11 Å². The van der Waals surface area contributed by atoms with Crippen molar-refractivity contribution in [3.8, 4) is 11.3 Å². The van der Waals surface area contributed by atoms with Gasteiger partial charge in [-0.05, 0) is 6.07 Å². The van der Waals surface area contributed by atoms with E-state index in [-0.39, 0.29) is 12.5 Å². The Morgan fingerprint density at radius 3 is 2.83 bits per heavy atom. The van der Waals surface area contributed by atoms with Crippen LogP contribution in [-0.2, 0) is 18.4 Å². The molecule has 3 rings (SSSR count). The molecule has 0 bridgehead atoms. The summed E-state index contributed by atoms with van der Waals surface area (Å²) in [5.41, 5.74) is 2.95. The largest absolute Gasteiger partial charge is 0.481 e. The normalized spacial score (nSPS) is 12.2. The average molecular weight is 342 g/mol. The van der Waals surface area contributed by atoms with Gasteiger partial charge in [0.1, 0.15) is 5.01 Å². The molecule has 0 aliphatic carbocycles. The van der Waals surface area contributed by atoms with Crippen LogP contribution in [0.5, 0.6) is 0 Å². The van der Waals surface area contributed by atoms with Crippen LogP contribution in [-0.4, -0.2) is 25.8 Å². The molecular formula is C17H18N4O2S. The fraction of sp³-hybridized carbons (Fsp3) is 0.235. The Kier molecular flexibility index (Phi) is 5.02. The number of carboxylic acid groups (broad SMARTS) is 1. The third-order valence-electron chi connectivity index (χ3n) is 3.70. The highest BCUT2D eigenvalue weighted by molar-refractivity contribution is 7.09.